The second-order valence-corrected chi connectivity index (χ2v) is 28.4. The second-order valence-electron chi connectivity index (χ2n) is 28.4. The molecule has 0 aliphatic heterocycles. The molecule has 8 aromatic heterocycles. The predicted octanol–water partition coefficient (Wildman–Crippen LogP) is 24.3. The van der Waals surface area contributed by atoms with Gasteiger partial charge >= 0.3 is 0 Å². The van der Waals surface area contributed by atoms with Crippen molar-refractivity contribution in [1.82, 2.24) is 79.0 Å². The molecule has 0 bridgehead atoms. The summed E-state index contributed by atoms with van der Waals surface area (Å²) in [6, 6.07) is 142. The van der Waals surface area contributed by atoms with E-state index >= 15 is 0 Å². The lowest BCUT2D eigenvalue weighted by atomic mass is 10.0. The number of hydrogen-bond donors (Lipinski definition) is 0. The van der Waals surface area contributed by atoms with Crippen LogP contribution in [0.15, 0.2) is 462 Å². The van der Waals surface area contributed by atoms with Crippen LogP contribution < -0.4 is 0 Å². The summed E-state index contributed by atoms with van der Waals surface area (Å²) in [6.07, 6.45) is 12.8. The summed E-state index contributed by atoms with van der Waals surface area (Å²) in [4.78, 5) is 17.0. The SMILES string of the molecule is c1ccc(-c2ccc(-c3nnc(-c4ccccc4)n3-c3ccc(-c4cccnc4)cc3)cc2)cc1.c1ccc(-c2nnc(-c3ccccc3)n2-c2ccc(-c3ccccn3)cc2)cc1.c1ccc(-c2nnc(-c3ccccc3)n2-c2ccc(-c3cccnc3)cc2)cc1.c1ccc(-c2nnc(-c3ccccc3)n2-c2ccc(-c3ccncc3)cc2)cc1. The molecule has 13 aromatic carbocycles. The van der Waals surface area contributed by atoms with Gasteiger partial charge < -0.3 is 0 Å². The average molecular weight is 1570 g/mol. The lowest BCUT2D eigenvalue weighted by molar-refractivity contribution is 1.07. The largest absolute Gasteiger partial charge is 0.275 e. The van der Waals surface area contributed by atoms with Crippen LogP contribution in [0.4, 0.5) is 0 Å². The molecule has 0 aliphatic rings. The lowest BCUT2D eigenvalue weighted by Crippen LogP contribution is -2.00. The zero-order valence-electron chi connectivity index (χ0n) is 66.0. The van der Waals surface area contributed by atoms with Crippen molar-refractivity contribution in [2.24, 2.45) is 0 Å². The van der Waals surface area contributed by atoms with E-state index < -0.39 is 0 Å². The third kappa shape index (κ3) is 17.3. The molecule has 0 fully saturated rings. The van der Waals surface area contributed by atoms with E-state index in [9.17, 15) is 0 Å². The molecule has 0 atom stereocenters. The zero-order chi connectivity index (χ0) is 81.9. The first kappa shape index (κ1) is 76.3. The number of pyridine rings is 4. The maximum Gasteiger partial charge on any atom is 0.168 e. The van der Waals surface area contributed by atoms with E-state index in [0.29, 0.717) is 0 Å². The van der Waals surface area contributed by atoms with Crippen LogP contribution in [-0.2, 0) is 0 Å². The summed E-state index contributed by atoms with van der Waals surface area (Å²) in [7, 11) is 0. The van der Waals surface area contributed by atoms with Crippen molar-refractivity contribution in [2.45, 2.75) is 0 Å². The van der Waals surface area contributed by atoms with Crippen LogP contribution in [0.2, 0.25) is 0 Å². The monoisotopic (exact) mass is 1570 g/mol. The van der Waals surface area contributed by atoms with Crippen LogP contribution in [0.3, 0.4) is 0 Å². The molecule has 16 heteroatoms. The number of nitrogens with zero attached hydrogens (tertiary/aromatic N) is 16. The number of rotatable bonds is 17. The Morgan fingerprint density at radius 1 is 0.131 bits per heavy atom. The van der Waals surface area contributed by atoms with Crippen molar-refractivity contribution in [1.29, 1.82) is 0 Å². The first-order chi connectivity index (χ1) is 60.6. The van der Waals surface area contributed by atoms with Crippen molar-refractivity contribution in [3.8, 4) is 170 Å². The van der Waals surface area contributed by atoms with Gasteiger partial charge in [0.1, 0.15) is 0 Å². The highest BCUT2D eigenvalue weighted by molar-refractivity contribution is 5.76. The van der Waals surface area contributed by atoms with Crippen molar-refractivity contribution in [3.05, 3.63) is 462 Å². The third-order valence-electron chi connectivity index (χ3n) is 20.6. The fourth-order valence-electron chi connectivity index (χ4n) is 14.5. The third-order valence-corrected chi connectivity index (χ3v) is 20.6. The van der Waals surface area contributed by atoms with E-state index in [4.69, 9.17) is 0 Å². The minimum absolute atomic E-state index is 0.803. The van der Waals surface area contributed by atoms with Gasteiger partial charge in [0.05, 0.1) is 5.69 Å². The molecule has 0 amide bonds. The number of benzene rings is 13. The maximum absolute atomic E-state index is 4.63. The first-order valence-electron chi connectivity index (χ1n) is 40.0. The molecule has 580 valence electrons. The number of hydrogen-bond acceptors (Lipinski definition) is 12. The van der Waals surface area contributed by atoms with E-state index in [2.05, 4.69) is 322 Å². The molecule has 0 radical (unpaired) electrons. The Balaban J connectivity index is 0.000000112. The topological polar surface area (TPSA) is 174 Å². The van der Waals surface area contributed by atoms with Gasteiger partial charge in [0.2, 0.25) is 0 Å². The minimum Gasteiger partial charge on any atom is -0.275 e. The van der Waals surface area contributed by atoms with Gasteiger partial charge in [-0.2, -0.15) is 0 Å². The first-order valence-corrected chi connectivity index (χ1v) is 40.0. The van der Waals surface area contributed by atoms with E-state index in [1.165, 1.54) is 11.1 Å². The molecule has 0 unspecified atom stereocenters. The standard InChI is InChI=1S/C31H22N4.3C25H18N4/c1-3-8-23(9-4-1)24-13-15-27(16-14-24)31-34-33-30(26-10-5-2-6-11-26)35(31)29-19-17-25(18-20-29)28-12-7-21-32-22-28;1-3-9-20(10-4-1)24-27-28-25(21-11-5-2-6-12-21)29(24)22-16-14-19(15-17-22)23-13-7-8-18-26-23;1-3-8-20(9-4-1)24-27-28-25(21-10-5-2-6-11-21)29(24)23-15-13-19(14-16-23)22-12-7-17-26-18-22;1-3-7-21(8-4-1)24-27-28-25(22-9-5-2-6-10-22)29(24)23-13-11-19(12-14-23)20-15-17-26-18-16-20/h1-22H;3*1-18H. The van der Waals surface area contributed by atoms with E-state index in [1.807, 2.05) is 207 Å². The van der Waals surface area contributed by atoms with Crippen molar-refractivity contribution in [2.75, 3.05) is 0 Å². The summed E-state index contributed by atoms with van der Waals surface area (Å²) < 4.78 is 8.45. The lowest BCUT2D eigenvalue weighted by Gasteiger charge is -2.12. The molecule has 0 saturated carbocycles. The van der Waals surface area contributed by atoms with Gasteiger partial charge in [-0.1, -0.05) is 334 Å². The Morgan fingerprint density at radius 3 is 0.590 bits per heavy atom. The van der Waals surface area contributed by atoms with Crippen LogP contribution in [0.25, 0.3) is 170 Å². The summed E-state index contributed by atoms with van der Waals surface area (Å²) in [5.74, 6) is 6.52. The highest BCUT2D eigenvalue weighted by atomic mass is 15.3. The Kier molecular flexibility index (Phi) is 23.1. The summed E-state index contributed by atoms with van der Waals surface area (Å²) in [5.41, 5.74) is 23.3. The molecule has 0 N–H and O–H groups in total. The molecule has 21 aromatic rings. The number of aromatic nitrogens is 16. The highest BCUT2D eigenvalue weighted by Crippen LogP contribution is 2.37. The van der Waals surface area contributed by atoms with Gasteiger partial charge in [0.25, 0.3) is 0 Å². The van der Waals surface area contributed by atoms with Crippen LogP contribution in [0.5, 0.6) is 0 Å². The molecule has 16 nitrogen and oxygen atoms in total. The molecular weight excluding hydrogens is 1500 g/mol. The van der Waals surface area contributed by atoms with Crippen LogP contribution in [-0.4, -0.2) is 79.0 Å². The zero-order valence-corrected chi connectivity index (χ0v) is 66.0. The van der Waals surface area contributed by atoms with Gasteiger partial charge in [-0.3, -0.25) is 38.2 Å². The molecule has 0 spiro atoms. The van der Waals surface area contributed by atoms with Crippen LogP contribution >= 0.6 is 0 Å². The average Bonchev–Trinajstić information content (AvgIpc) is 1.64. The Morgan fingerprint density at radius 2 is 0.336 bits per heavy atom. The highest BCUT2D eigenvalue weighted by Gasteiger charge is 2.23. The Hall–Kier alpha value is -17.0. The van der Waals surface area contributed by atoms with E-state index in [1.54, 1.807) is 12.4 Å². The quantitative estimate of drug-likeness (QED) is 0.0845. The van der Waals surface area contributed by atoms with E-state index in [-0.39, 0.29) is 0 Å². The van der Waals surface area contributed by atoms with Gasteiger partial charge in [0, 0.05) is 116 Å². The fraction of sp³-hybridized carbons (Fsp3) is 0. The predicted molar refractivity (Wildman–Crippen MR) is 487 cm³/mol. The Bertz CT molecular complexity index is 6210. The van der Waals surface area contributed by atoms with Crippen molar-refractivity contribution in [3.63, 3.8) is 0 Å². The van der Waals surface area contributed by atoms with Gasteiger partial charge in [-0.15, -0.1) is 40.8 Å². The minimum atomic E-state index is 0.803. The van der Waals surface area contributed by atoms with Crippen LogP contribution in [0, 0.1) is 0 Å². The second kappa shape index (κ2) is 36.9. The molecule has 0 aliphatic carbocycles. The van der Waals surface area contributed by atoms with E-state index in [0.717, 1.165) is 158 Å². The molecule has 8 heterocycles. The summed E-state index contributed by atoms with van der Waals surface area (Å²) in [5, 5.41) is 36.4. The van der Waals surface area contributed by atoms with Crippen molar-refractivity contribution < 1.29 is 0 Å². The smallest absolute Gasteiger partial charge is 0.168 e. The molecular formula is C106H76N16. The Labute approximate surface area is 706 Å². The summed E-state index contributed by atoms with van der Waals surface area (Å²) >= 11 is 0. The molecule has 122 heavy (non-hydrogen) atoms. The van der Waals surface area contributed by atoms with Gasteiger partial charge in [0.15, 0.2) is 46.6 Å². The van der Waals surface area contributed by atoms with Crippen molar-refractivity contribution >= 4 is 0 Å². The molecule has 0 saturated heterocycles. The molecule has 21 rings (SSSR count). The van der Waals surface area contributed by atoms with Crippen LogP contribution in [0.1, 0.15) is 0 Å². The maximum atomic E-state index is 4.63. The van der Waals surface area contributed by atoms with Gasteiger partial charge in [-0.05, 0) is 129 Å². The van der Waals surface area contributed by atoms with Gasteiger partial charge in [-0.25, -0.2) is 0 Å². The summed E-state index contributed by atoms with van der Waals surface area (Å²) in [6.45, 7) is 0. The fourth-order valence-corrected chi connectivity index (χ4v) is 14.5. The normalized spacial score (nSPS) is 10.8.